The van der Waals surface area contributed by atoms with Crippen LogP contribution in [0.25, 0.3) is 0 Å². The van der Waals surface area contributed by atoms with Gasteiger partial charge in [0.1, 0.15) is 8.64 Å². The van der Waals surface area contributed by atoms with Gasteiger partial charge in [-0.15, -0.1) is 0 Å². The molecule has 0 heterocycles. The Hall–Kier alpha value is 1.14. The summed E-state index contributed by atoms with van der Waals surface area (Å²) in [5.74, 6) is 1.90. The van der Waals surface area contributed by atoms with E-state index in [2.05, 4.69) is 0 Å². The summed E-state index contributed by atoms with van der Waals surface area (Å²) in [4.78, 5) is 3.88. The Morgan fingerprint density at radius 3 is 1.53 bits per heavy atom. The van der Waals surface area contributed by atoms with Crippen LogP contribution in [-0.2, 0) is 4.74 Å². The molecule has 0 aromatic heterocycles. The van der Waals surface area contributed by atoms with Gasteiger partial charge in [0.05, 0.1) is 13.2 Å². The quantitative estimate of drug-likeness (QED) is 0.356. The number of hydrogen-bond acceptors (Lipinski definition) is 7. The first-order valence-corrected chi connectivity index (χ1v) is 11.0. The van der Waals surface area contributed by atoms with Crippen molar-refractivity contribution >= 4 is 76.3 Å². The summed E-state index contributed by atoms with van der Waals surface area (Å²) < 4.78 is 7.33. The predicted molar refractivity (Wildman–Crippen MR) is 103 cm³/mol. The normalized spacial score (nSPS) is 10.3. The first-order chi connectivity index (χ1) is 8.95. The fourth-order valence-electron chi connectivity index (χ4n) is 0.621. The average molecular weight is 377 g/mol. The lowest BCUT2D eigenvalue weighted by Crippen LogP contribution is -2.15. The van der Waals surface area contributed by atoms with Crippen molar-refractivity contribution < 1.29 is 4.74 Å². The van der Waals surface area contributed by atoms with Crippen LogP contribution in [-0.4, -0.2) is 71.4 Å². The zero-order valence-electron chi connectivity index (χ0n) is 11.6. The van der Waals surface area contributed by atoms with Crippen molar-refractivity contribution in [3.8, 4) is 0 Å². The average Bonchev–Trinajstić information content (AvgIpc) is 2.35. The molecule has 0 aliphatic rings. The molecule has 0 fully saturated rings. The minimum atomic E-state index is 0.761. The molecule has 19 heavy (non-hydrogen) atoms. The van der Waals surface area contributed by atoms with Crippen molar-refractivity contribution in [3.05, 3.63) is 0 Å². The second-order valence-corrected chi connectivity index (χ2v) is 9.84. The molecular formula is C10H20N2OS6. The summed E-state index contributed by atoms with van der Waals surface area (Å²) in [6.45, 7) is 1.52. The van der Waals surface area contributed by atoms with Crippen LogP contribution in [0.2, 0.25) is 0 Å². The van der Waals surface area contributed by atoms with Crippen LogP contribution in [0, 0.1) is 0 Å². The van der Waals surface area contributed by atoms with Crippen LogP contribution in [0.15, 0.2) is 0 Å². The lowest BCUT2D eigenvalue weighted by molar-refractivity contribution is 0.167. The number of rotatable bonds is 8. The van der Waals surface area contributed by atoms with Gasteiger partial charge in [-0.2, -0.15) is 0 Å². The first kappa shape index (κ1) is 20.1. The highest BCUT2D eigenvalue weighted by molar-refractivity contribution is 8.84. The van der Waals surface area contributed by atoms with Crippen molar-refractivity contribution in [2.45, 2.75) is 0 Å². The van der Waals surface area contributed by atoms with Gasteiger partial charge in [-0.05, 0) is 21.6 Å². The van der Waals surface area contributed by atoms with Crippen LogP contribution in [0.5, 0.6) is 0 Å². The summed E-state index contributed by atoms with van der Waals surface area (Å²) in [6.07, 6.45) is 0. The van der Waals surface area contributed by atoms with Crippen molar-refractivity contribution in [3.63, 3.8) is 0 Å². The second-order valence-electron chi connectivity index (χ2n) is 3.74. The molecule has 0 unspecified atom stereocenters. The van der Waals surface area contributed by atoms with Crippen molar-refractivity contribution in [2.24, 2.45) is 0 Å². The topological polar surface area (TPSA) is 15.7 Å². The van der Waals surface area contributed by atoms with Crippen LogP contribution in [0.3, 0.4) is 0 Å². The van der Waals surface area contributed by atoms with E-state index in [9.17, 15) is 0 Å². The third-order valence-corrected chi connectivity index (χ3v) is 8.05. The van der Waals surface area contributed by atoms with Gasteiger partial charge in [-0.1, -0.05) is 46.0 Å². The number of thiocarbonyl (C=S) groups is 2. The third kappa shape index (κ3) is 12.6. The van der Waals surface area contributed by atoms with Crippen molar-refractivity contribution in [1.29, 1.82) is 0 Å². The molecule has 9 heteroatoms. The molecular weight excluding hydrogens is 357 g/mol. The predicted octanol–water partition coefficient (Wildman–Crippen LogP) is 3.46. The van der Waals surface area contributed by atoms with E-state index >= 15 is 0 Å². The molecule has 0 amide bonds. The Labute approximate surface area is 143 Å². The summed E-state index contributed by atoms with van der Waals surface area (Å²) in [6, 6.07) is 0. The van der Waals surface area contributed by atoms with E-state index in [1.807, 2.05) is 38.0 Å². The Morgan fingerprint density at radius 1 is 0.842 bits per heavy atom. The number of nitrogens with zero attached hydrogens (tertiary/aromatic N) is 2. The zero-order valence-corrected chi connectivity index (χ0v) is 16.5. The van der Waals surface area contributed by atoms with E-state index in [0.29, 0.717) is 0 Å². The van der Waals surface area contributed by atoms with Crippen molar-refractivity contribution in [2.75, 3.05) is 52.9 Å². The Morgan fingerprint density at radius 2 is 1.21 bits per heavy atom. The zero-order chi connectivity index (χ0) is 14.7. The first-order valence-electron chi connectivity index (χ1n) is 5.54. The monoisotopic (exact) mass is 376 g/mol. The molecule has 0 saturated heterocycles. The van der Waals surface area contributed by atoms with Crippen LogP contribution >= 0.6 is 67.6 Å². The second kappa shape index (κ2) is 12.8. The molecule has 0 saturated carbocycles. The lowest BCUT2D eigenvalue weighted by Gasteiger charge is -2.12. The van der Waals surface area contributed by atoms with Crippen LogP contribution in [0.4, 0.5) is 0 Å². The van der Waals surface area contributed by atoms with E-state index in [1.165, 1.54) is 0 Å². The fourth-order valence-corrected chi connectivity index (χ4v) is 4.93. The van der Waals surface area contributed by atoms with Gasteiger partial charge in [0.25, 0.3) is 0 Å². The Balaban J connectivity index is 3.24. The Bertz CT molecular complexity index is 249. The minimum absolute atomic E-state index is 0.761. The molecule has 0 bridgehead atoms. The molecule has 0 aliphatic heterocycles. The maximum Gasteiger partial charge on any atom is 0.146 e. The summed E-state index contributed by atoms with van der Waals surface area (Å²) >= 11 is 10.3. The van der Waals surface area contributed by atoms with E-state index in [4.69, 9.17) is 29.2 Å². The number of ether oxygens (including phenoxy) is 1. The minimum Gasteiger partial charge on any atom is -0.380 e. The molecule has 0 atom stereocenters. The summed E-state index contributed by atoms with van der Waals surface area (Å²) in [5.41, 5.74) is 0. The van der Waals surface area contributed by atoms with Gasteiger partial charge in [-0.25, -0.2) is 0 Å². The molecule has 3 nitrogen and oxygen atoms in total. The highest BCUT2D eigenvalue weighted by Crippen LogP contribution is 2.25. The highest BCUT2D eigenvalue weighted by atomic mass is 33.1. The molecule has 0 spiro atoms. The van der Waals surface area contributed by atoms with Gasteiger partial charge in [0.15, 0.2) is 0 Å². The smallest absolute Gasteiger partial charge is 0.146 e. The standard InChI is InChI=1S/C10H20N2OS6/c1-11(2)9(14)18-16-7-5-13-6-8-17-19-10(15)12(3)4/h5-8H2,1-4H3. The number of hydrogen-bond donors (Lipinski definition) is 0. The SMILES string of the molecule is CN(C)C(=S)SSCCOCCSSC(=S)N(C)C. The molecule has 0 rings (SSSR count). The van der Waals surface area contributed by atoms with Crippen molar-refractivity contribution in [1.82, 2.24) is 9.80 Å². The maximum absolute atomic E-state index is 5.54. The van der Waals surface area contributed by atoms with Gasteiger partial charge in [0, 0.05) is 39.7 Å². The Kier molecular flexibility index (Phi) is 13.6. The molecule has 0 aromatic carbocycles. The third-order valence-electron chi connectivity index (χ3n) is 1.61. The summed E-state index contributed by atoms with van der Waals surface area (Å²) in [7, 11) is 14.5. The van der Waals surface area contributed by atoms with E-state index < -0.39 is 0 Å². The van der Waals surface area contributed by atoms with Crippen LogP contribution < -0.4 is 0 Å². The van der Waals surface area contributed by atoms with Gasteiger partial charge in [0.2, 0.25) is 0 Å². The lowest BCUT2D eigenvalue weighted by atomic mass is 10.8. The fraction of sp³-hybridized carbons (Fsp3) is 0.800. The van der Waals surface area contributed by atoms with Crippen LogP contribution in [0.1, 0.15) is 0 Å². The molecule has 0 radical (unpaired) electrons. The van der Waals surface area contributed by atoms with Gasteiger partial charge < -0.3 is 14.5 Å². The summed E-state index contributed by atoms with van der Waals surface area (Å²) in [5, 5.41) is 0. The van der Waals surface area contributed by atoms with E-state index in [0.717, 1.165) is 33.4 Å². The molecule has 0 N–H and O–H groups in total. The van der Waals surface area contributed by atoms with Gasteiger partial charge >= 0.3 is 0 Å². The molecule has 0 aliphatic carbocycles. The maximum atomic E-state index is 5.54. The molecule has 112 valence electrons. The van der Waals surface area contributed by atoms with E-state index in [-0.39, 0.29) is 0 Å². The molecule has 0 aromatic rings. The van der Waals surface area contributed by atoms with E-state index in [1.54, 1.807) is 43.2 Å². The highest BCUT2D eigenvalue weighted by Gasteiger charge is 2.01. The van der Waals surface area contributed by atoms with Gasteiger partial charge in [-0.3, -0.25) is 0 Å². The largest absolute Gasteiger partial charge is 0.380 e.